The Morgan fingerprint density at radius 3 is 2.81 bits per heavy atom. The van der Waals surface area contributed by atoms with Crippen LogP contribution in [-0.2, 0) is 0 Å². The van der Waals surface area contributed by atoms with Gasteiger partial charge in [-0.25, -0.2) is 9.59 Å². The predicted octanol–water partition coefficient (Wildman–Crippen LogP) is 2.43. The molecule has 6 heteroatoms. The summed E-state index contributed by atoms with van der Waals surface area (Å²) in [5, 5.41) is 9.21. The normalized spacial score (nSPS) is 14.9. The van der Waals surface area contributed by atoms with Crippen molar-refractivity contribution in [2.75, 3.05) is 25.1 Å². The van der Waals surface area contributed by atoms with Crippen LogP contribution in [0.4, 0.5) is 10.5 Å². The number of fused-ring (bicyclic) bond motifs is 1. The molecule has 1 aromatic rings. The highest BCUT2D eigenvalue weighted by Gasteiger charge is 2.30. The summed E-state index contributed by atoms with van der Waals surface area (Å²) < 4.78 is 5.47. The lowest BCUT2D eigenvalue weighted by molar-refractivity contribution is 0.0691. The summed E-state index contributed by atoms with van der Waals surface area (Å²) in [7, 11) is 1.76. The van der Waals surface area contributed by atoms with Gasteiger partial charge in [-0.3, -0.25) is 4.90 Å². The van der Waals surface area contributed by atoms with Crippen molar-refractivity contribution in [2.45, 2.75) is 26.3 Å². The molecule has 114 valence electrons. The Hall–Kier alpha value is -2.24. The maximum atomic E-state index is 12.6. The fourth-order valence-electron chi connectivity index (χ4n) is 2.27. The molecule has 0 aliphatic carbocycles. The molecule has 0 spiro atoms. The topological polar surface area (TPSA) is 70.1 Å². The third kappa shape index (κ3) is 2.79. The molecule has 1 unspecified atom stereocenters. The molecule has 2 rings (SSSR count). The highest BCUT2D eigenvalue weighted by atomic mass is 16.5. The Balaban J connectivity index is 2.37. The Kier molecular flexibility index (Phi) is 4.35. The molecule has 1 atom stereocenters. The number of anilines is 1. The molecule has 21 heavy (non-hydrogen) atoms. The second-order valence-electron chi connectivity index (χ2n) is 5.11. The van der Waals surface area contributed by atoms with Crippen LogP contribution in [0.25, 0.3) is 0 Å². The maximum Gasteiger partial charge on any atom is 0.339 e. The van der Waals surface area contributed by atoms with Gasteiger partial charge in [0.2, 0.25) is 0 Å². The van der Waals surface area contributed by atoms with Crippen LogP contribution in [0.5, 0.6) is 5.75 Å². The Morgan fingerprint density at radius 2 is 2.19 bits per heavy atom. The number of aromatic carboxylic acids is 1. The molecule has 0 bridgehead atoms. The molecule has 6 nitrogen and oxygen atoms in total. The lowest BCUT2D eigenvalue weighted by Crippen LogP contribution is -2.48. The van der Waals surface area contributed by atoms with E-state index >= 15 is 0 Å². The molecule has 0 fully saturated rings. The number of amides is 2. The van der Waals surface area contributed by atoms with Crippen molar-refractivity contribution in [3.05, 3.63) is 23.8 Å². The average Bonchev–Trinajstić information content (AvgIpc) is 2.51. The first-order valence-corrected chi connectivity index (χ1v) is 7.00. The fourth-order valence-corrected chi connectivity index (χ4v) is 2.27. The molecule has 2 amide bonds. The third-order valence-electron chi connectivity index (χ3n) is 3.86. The van der Waals surface area contributed by atoms with Crippen LogP contribution < -0.4 is 9.64 Å². The van der Waals surface area contributed by atoms with Crippen LogP contribution in [0.15, 0.2) is 18.2 Å². The van der Waals surface area contributed by atoms with E-state index in [0.29, 0.717) is 12.2 Å². The SMILES string of the molecule is CCC(C)N(C)C(=O)N1CCOc2c(C(=O)O)cccc21. The van der Waals surface area contributed by atoms with Gasteiger partial charge in [0.1, 0.15) is 12.2 Å². The van der Waals surface area contributed by atoms with Gasteiger partial charge in [-0.1, -0.05) is 13.0 Å². The number of hydrogen-bond donors (Lipinski definition) is 1. The minimum atomic E-state index is -1.06. The zero-order chi connectivity index (χ0) is 15.6. The number of carbonyl (C=O) groups is 2. The van der Waals surface area contributed by atoms with Crippen molar-refractivity contribution in [1.29, 1.82) is 0 Å². The number of carbonyl (C=O) groups excluding carboxylic acids is 1. The number of carboxylic acid groups (broad SMARTS) is 1. The molecule has 1 aromatic carbocycles. The summed E-state index contributed by atoms with van der Waals surface area (Å²) in [6.45, 7) is 4.70. The van der Waals surface area contributed by atoms with Crippen LogP contribution in [0.2, 0.25) is 0 Å². The fraction of sp³-hybridized carbons (Fsp3) is 0.467. The van der Waals surface area contributed by atoms with Gasteiger partial charge >= 0.3 is 12.0 Å². The van der Waals surface area contributed by atoms with Crippen molar-refractivity contribution < 1.29 is 19.4 Å². The number of para-hydroxylation sites is 1. The van der Waals surface area contributed by atoms with Crippen LogP contribution >= 0.6 is 0 Å². The molecule has 0 aromatic heterocycles. The third-order valence-corrected chi connectivity index (χ3v) is 3.86. The number of nitrogens with zero attached hydrogens (tertiary/aromatic N) is 2. The number of carboxylic acids is 1. The summed E-state index contributed by atoms with van der Waals surface area (Å²) in [6, 6.07) is 4.79. The largest absolute Gasteiger partial charge is 0.489 e. The van der Waals surface area contributed by atoms with Gasteiger partial charge in [0, 0.05) is 13.1 Å². The quantitative estimate of drug-likeness (QED) is 0.929. The summed E-state index contributed by atoms with van der Waals surface area (Å²) in [6.07, 6.45) is 0.856. The van der Waals surface area contributed by atoms with Gasteiger partial charge in [-0.15, -0.1) is 0 Å². The van der Waals surface area contributed by atoms with Crippen LogP contribution in [0.1, 0.15) is 30.6 Å². The zero-order valence-electron chi connectivity index (χ0n) is 12.5. The first kappa shape index (κ1) is 15.2. The van der Waals surface area contributed by atoms with Crippen LogP contribution in [0.3, 0.4) is 0 Å². The maximum absolute atomic E-state index is 12.6. The van der Waals surface area contributed by atoms with E-state index < -0.39 is 5.97 Å². The number of benzene rings is 1. The van der Waals surface area contributed by atoms with Crippen LogP contribution in [0, 0.1) is 0 Å². The molecule has 1 heterocycles. The first-order valence-electron chi connectivity index (χ1n) is 7.00. The van der Waals surface area contributed by atoms with E-state index in [1.807, 2.05) is 13.8 Å². The lowest BCUT2D eigenvalue weighted by Gasteiger charge is -2.35. The second-order valence-corrected chi connectivity index (χ2v) is 5.11. The van der Waals surface area contributed by atoms with Gasteiger partial charge in [-0.2, -0.15) is 0 Å². The molecule has 0 radical (unpaired) electrons. The van der Waals surface area contributed by atoms with E-state index in [9.17, 15) is 14.7 Å². The van der Waals surface area contributed by atoms with Crippen molar-refractivity contribution in [2.24, 2.45) is 0 Å². The summed E-state index contributed by atoms with van der Waals surface area (Å²) >= 11 is 0. The minimum Gasteiger partial charge on any atom is -0.489 e. The Labute approximate surface area is 123 Å². The number of rotatable bonds is 3. The highest BCUT2D eigenvalue weighted by Crippen LogP contribution is 2.35. The van der Waals surface area contributed by atoms with E-state index in [4.69, 9.17) is 4.74 Å². The van der Waals surface area contributed by atoms with E-state index in [2.05, 4.69) is 0 Å². The van der Waals surface area contributed by atoms with E-state index in [1.165, 1.54) is 6.07 Å². The number of ether oxygens (including phenoxy) is 1. The van der Waals surface area contributed by atoms with Gasteiger partial charge < -0.3 is 14.7 Å². The summed E-state index contributed by atoms with van der Waals surface area (Å²) in [4.78, 5) is 27.1. The Bertz CT molecular complexity index is 559. The van der Waals surface area contributed by atoms with Gasteiger partial charge in [0.15, 0.2) is 5.75 Å². The molecule has 0 saturated carbocycles. The molecular formula is C15H20N2O4. The van der Waals surface area contributed by atoms with Gasteiger partial charge in [-0.05, 0) is 25.5 Å². The smallest absolute Gasteiger partial charge is 0.339 e. The first-order chi connectivity index (χ1) is 9.97. The molecule has 1 aliphatic heterocycles. The molecule has 1 aliphatic rings. The van der Waals surface area contributed by atoms with Crippen molar-refractivity contribution in [3.8, 4) is 5.75 Å². The zero-order valence-corrected chi connectivity index (χ0v) is 12.5. The van der Waals surface area contributed by atoms with E-state index in [0.717, 1.165) is 6.42 Å². The predicted molar refractivity (Wildman–Crippen MR) is 79.2 cm³/mol. The van der Waals surface area contributed by atoms with Crippen molar-refractivity contribution >= 4 is 17.7 Å². The molecule has 0 saturated heterocycles. The molecule has 1 N–H and O–H groups in total. The Morgan fingerprint density at radius 1 is 1.48 bits per heavy atom. The van der Waals surface area contributed by atoms with E-state index in [-0.39, 0.29) is 30.0 Å². The van der Waals surface area contributed by atoms with Crippen molar-refractivity contribution in [3.63, 3.8) is 0 Å². The van der Waals surface area contributed by atoms with Gasteiger partial charge in [0.25, 0.3) is 0 Å². The minimum absolute atomic E-state index is 0.0798. The molecular weight excluding hydrogens is 272 g/mol. The average molecular weight is 292 g/mol. The lowest BCUT2D eigenvalue weighted by atomic mass is 10.1. The number of hydrogen-bond acceptors (Lipinski definition) is 3. The highest BCUT2D eigenvalue weighted by molar-refractivity contribution is 5.99. The summed E-state index contributed by atoms with van der Waals surface area (Å²) in [5.74, 6) is -0.793. The van der Waals surface area contributed by atoms with Gasteiger partial charge in [0.05, 0.1) is 12.2 Å². The number of urea groups is 1. The second kappa shape index (κ2) is 6.03. The van der Waals surface area contributed by atoms with Crippen molar-refractivity contribution in [1.82, 2.24) is 4.90 Å². The van der Waals surface area contributed by atoms with Crippen LogP contribution in [-0.4, -0.2) is 48.2 Å². The van der Waals surface area contributed by atoms with E-state index in [1.54, 1.807) is 29.0 Å². The standard InChI is InChI=1S/C15H20N2O4/c1-4-10(2)16(3)15(20)17-8-9-21-13-11(14(18)19)6-5-7-12(13)17/h5-7,10H,4,8-9H2,1-3H3,(H,18,19). The summed E-state index contributed by atoms with van der Waals surface area (Å²) in [5.41, 5.74) is 0.595. The monoisotopic (exact) mass is 292 g/mol.